The quantitative estimate of drug-likeness (QED) is 0.662. The van der Waals surface area contributed by atoms with E-state index in [1.807, 2.05) is 43.3 Å². The van der Waals surface area contributed by atoms with Gasteiger partial charge in [-0.05, 0) is 48.4 Å². The monoisotopic (exact) mass is 427 g/mol. The summed E-state index contributed by atoms with van der Waals surface area (Å²) in [6, 6.07) is 18.8. The van der Waals surface area contributed by atoms with E-state index in [1.54, 1.807) is 12.1 Å². The molecule has 0 atom stereocenters. The average Bonchev–Trinajstić information content (AvgIpc) is 2.68. The van der Waals surface area contributed by atoms with Gasteiger partial charge in [-0.25, -0.2) is 8.42 Å². The van der Waals surface area contributed by atoms with E-state index in [9.17, 15) is 16.8 Å². The third kappa shape index (κ3) is 3.87. The molecule has 0 aromatic heterocycles. The highest BCUT2D eigenvalue weighted by atomic mass is 32.2. The molecule has 0 fully saturated rings. The van der Waals surface area contributed by atoms with Crippen molar-refractivity contribution in [2.75, 3.05) is 10.0 Å². The van der Waals surface area contributed by atoms with Gasteiger partial charge in [0.15, 0.2) is 0 Å². The van der Waals surface area contributed by atoms with Crippen LogP contribution in [0.1, 0.15) is 5.56 Å². The fourth-order valence-corrected chi connectivity index (χ4v) is 5.14. The van der Waals surface area contributed by atoms with Gasteiger partial charge < -0.3 is 5.32 Å². The van der Waals surface area contributed by atoms with Gasteiger partial charge in [0.1, 0.15) is 11.2 Å². The first-order chi connectivity index (χ1) is 13.7. The van der Waals surface area contributed by atoms with Crippen LogP contribution in [0.5, 0.6) is 0 Å². The Morgan fingerprint density at radius 2 is 1.69 bits per heavy atom. The number of nitrogens with zero attached hydrogens (tertiary/aromatic N) is 1. The summed E-state index contributed by atoms with van der Waals surface area (Å²) >= 11 is 0. The first-order valence-electron chi connectivity index (χ1n) is 8.64. The number of aryl methyl sites for hydroxylation is 1. The predicted octanol–water partition coefficient (Wildman–Crippen LogP) is 3.61. The van der Waals surface area contributed by atoms with Gasteiger partial charge in [0, 0.05) is 5.69 Å². The fourth-order valence-electron chi connectivity index (χ4n) is 2.99. The Labute approximate surface area is 169 Å². The summed E-state index contributed by atoms with van der Waals surface area (Å²) in [5.74, 6) is 0. The van der Waals surface area contributed by atoms with Crippen LogP contribution in [-0.4, -0.2) is 23.2 Å². The summed E-state index contributed by atoms with van der Waals surface area (Å²) in [5, 5.41) is 2.69. The summed E-state index contributed by atoms with van der Waals surface area (Å²) in [6.45, 7) is 2.01. The number of hydrogen-bond donors (Lipinski definition) is 2. The number of nitrogens with one attached hydrogen (secondary N) is 2. The molecule has 148 valence electrons. The van der Waals surface area contributed by atoms with Gasteiger partial charge in [0.25, 0.3) is 20.0 Å². The van der Waals surface area contributed by atoms with Gasteiger partial charge in [-0.2, -0.15) is 8.42 Å². The summed E-state index contributed by atoms with van der Waals surface area (Å²) in [5.41, 5.74) is 3.78. The summed E-state index contributed by atoms with van der Waals surface area (Å²) in [7, 11) is -7.90. The second-order valence-electron chi connectivity index (χ2n) is 6.56. The molecule has 1 aliphatic rings. The lowest BCUT2D eigenvalue weighted by molar-refractivity contribution is 0.597. The van der Waals surface area contributed by atoms with Crippen molar-refractivity contribution in [2.24, 2.45) is 4.40 Å². The molecule has 3 aromatic carbocycles. The van der Waals surface area contributed by atoms with Crippen molar-refractivity contribution < 1.29 is 16.8 Å². The number of sulfonamides is 2. The molecule has 0 radical (unpaired) electrons. The molecular weight excluding hydrogens is 410 g/mol. The third-order valence-corrected chi connectivity index (χ3v) is 7.10. The van der Waals surface area contributed by atoms with E-state index >= 15 is 0 Å². The van der Waals surface area contributed by atoms with Gasteiger partial charge in [-0.15, -0.1) is 4.40 Å². The standard InChI is InChI=1S/C20H17N3O4S2/c1-14-3-2-4-16(11-14)15-5-7-17(8-6-15)23-28(24,25)18-9-10-19-20(12-18)29(26,27)22-13-21-19/h2-13,23H,1H3,(H,21,22). The van der Waals surface area contributed by atoms with E-state index in [1.165, 1.54) is 12.1 Å². The maximum absolute atomic E-state index is 12.7. The normalized spacial score (nSPS) is 14.7. The van der Waals surface area contributed by atoms with Gasteiger partial charge in [0.2, 0.25) is 0 Å². The van der Waals surface area contributed by atoms with E-state index < -0.39 is 20.0 Å². The van der Waals surface area contributed by atoms with E-state index in [2.05, 4.69) is 14.4 Å². The molecule has 7 nitrogen and oxygen atoms in total. The Morgan fingerprint density at radius 3 is 2.41 bits per heavy atom. The summed E-state index contributed by atoms with van der Waals surface area (Å²) in [4.78, 5) is -0.348. The largest absolute Gasteiger partial charge is 0.345 e. The summed E-state index contributed by atoms with van der Waals surface area (Å²) in [6.07, 6.45) is 1.06. The molecule has 0 aliphatic carbocycles. The SMILES string of the molecule is Cc1cccc(-c2ccc(NS(=O)(=O)c3ccc4c(c3)S(=O)(=O)N=CN4)cc2)c1. The van der Waals surface area contributed by atoms with Gasteiger partial charge in [0.05, 0.1) is 10.6 Å². The van der Waals surface area contributed by atoms with Crippen LogP contribution in [0, 0.1) is 6.92 Å². The van der Waals surface area contributed by atoms with Crippen LogP contribution < -0.4 is 10.0 Å². The third-order valence-electron chi connectivity index (χ3n) is 4.44. The minimum absolute atomic E-state index is 0.165. The van der Waals surface area contributed by atoms with Crippen LogP contribution in [0.15, 0.2) is 80.9 Å². The fraction of sp³-hybridized carbons (Fsp3) is 0.0500. The highest BCUT2D eigenvalue weighted by Gasteiger charge is 2.24. The lowest BCUT2D eigenvalue weighted by atomic mass is 10.0. The maximum atomic E-state index is 12.7. The number of anilines is 2. The zero-order chi connectivity index (χ0) is 20.6. The first-order valence-corrected chi connectivity index (χ1v) is 11.6. The lowest BCUT2D eigenvalue weighted by Gasteiger charge is -2.14. The van der Waals surface area contributed by atoms with Crippen molar-refractivity contribution in [3.63, 3.8) is 0 Å². The summed E-state index contributed by atoms with van der Waals surface area (Å²) < 4.78 is 55.4. The minimum atomic E-state index is -3.98. The first kappa shape index (κ1) is 19.2. The number of fused-ring (bicyclic) bond motifs is 1. The maximum Gasteiger partial charge on any atom is 0.285 e. The zero-order valence-electron chi connectivity index (χ0n) is 15.3. The highest BCUT2D eigenvalue weighted by molar-refractivity contribution is 7.93. The van der Waals surface area contributed by atoms with Crippen molar-refractivity contribution in [2.45, 2.75) is 16.7 Å². The average molecular weight is 428 g/mol. The van der Waals surface area contributed by atoms with Crippen LogP contribution in [0.2, 0.25) is 0 Å². The minimum Gasteiger partial charge on any atom is -0.345 e. The molecule has 9 heteroatoms. The number of hydrogen-bond acceptors (Lipinski definition) is 5. The molecular formula is C20H17N3O4S2. The number of benzene rings is 3. The second kappa shape index (κ2) is 7.02. The molecule has 0 bridgehead atoms. The Morgan fingerprint density at radius 1 is 0.931 bits per heavy atom. The van der Waals surface area contributed by atoms with E-state index in [4.69, 9.17) is 0 Å². The molecule has 3 aromatic rings. The topological polar surface area (TPSA) is 105 Å². The van der Waals surface area contributed by atoms with E-state index in [-0.39, 0.29) is 15.5 Å². The Hall–Kier alpha value is -3.17. The molecule has 0 amide bonds. The molecule has 1 heterocycles. The van der Waals surface area contributed by atoms with Gasteiger partial charge in [-0.1, -0.05) is 42.0 Å². The van der Waals surface area contributed by atoms with Crippen molar-refractivity contribution in [3.05, 3.63) is 72.3 Å². The Balaban J connectivity index is 1.61. The Kier molecular flexibility index (Phi) is 4.64. The van der Waals surface area contributed by atoms with Crippen LogP contribution in [0.3, 0.4) is 0 Å². The van der Waals surface area contributed by atoms with Crippen molar-refractivity contribution in [1.82, 2.24) is 0 Å². The lowest BCUT2D eigenvalue weighted by Crippen LogP contribution is -2.16. The van der Waals surface area contributed by atoms with Crippen molar-refractivity contribution in [1.29, 1.82) is 0 Å². The highest BCUT2D eigenvalue weighted by Crippen LogP contribution is 2.29. The van der Waals surface area contributed by atoms with Crippen LogP contribution in [-0.2, 0) is 20.0 Å². The number of rotatable bonds is 4. The van der Waals surface area contributed by atoms with Crippen molar-refractivity contribution >= 4 is 37.8 Å². The van der Waals surface area contributed by atoms with E-state index in [0.717, 1.165) is 29.1 Å². The van der Waals surface area contributed by atoms with Gasteiger partial charge >= 0.3 is 0 Å². The van der Waals surface area contributed by atoms with Crippen molar-refractivity contribution in [3.8, 4) is 11.1 Å². The molecule has 0 spiro atoms. The Bertz CT molecular complexity index is 1330. The molecule has 4 rings (SSSR count). The zero-order valence-corrected chi connectivity index (χ0v) is 17.0. The molecule has 0 saturated carbocycles. The molecule has 2 N–H and O–H groups in total. The van der Waals surface area contributed by atoms with Crippen LogP contribution in [0.25, 0.3) is 11.1 Å². The van der Waals surface area contributed by atoms with Crippen LogP contribution in [0.4, 0.5) is 11.4 Å². The second-order valence-corrected chi connectivity index (χ2v) is 9.85. The molecule has 1 aliphatic heterocycles. The van der Waals surface area contributed by atoms with E-state index in [0.29, 0.717) is 5.69 Å². The van der Waals surface area contributed by atoms with Gasteiger partial charge in [-0.3, -0.25) is 4.72 Å². The molecule has 0 saturated heterocycles. The predicted molar refractivity (Wildman–Crippen MR) is 113 cm³/mol. The molecule has 0 unspecified atom stereocenters. The smallest absolute Gasteiger partial charge is 0.285 e. The molecule has 29 heavy (non-hydrogen) atoms. The van der Waals surface area contributed by atoms with Crippen LogP contribution >= 0.6 is 0 Å².